The van der Waals surface area contributed by atoms with Crippen LogP contribution in [0.25, 0.3) is 0 Å². The Bertz CT molecular complexity index is 981. The molecule has 1 fully saturated rings. The molecule has 1 N–H and O–H groups in total. The number of hydrogen-bond acceptors (Lipinski definition) is 4. The van der Waals surface area contributed by atoms with Gasteiger partial charge in [0.25, 0.3) is 5.91 Å². The summed E-state index contributed by atoms with van der Waals surface area (Å²) in [5.74, 6) is 0.832. The number of methoxy groups -OCH3 is 1. The van der Waals surface area contributed by atoms with Crippen molar-refractivity contribution >= 4 is 39.3 Å². The molecule has 2 amide bonds. The highest BCUT2D eigenvalue weighted by atomic mass is 79.9. The van der Waals surface area contributed by atoms with Crippen molar-refractivity contribution in [2.75, 3.05) is 13.7 Å². The van der Waals surface area contributed by atoms with E-state index < -0.39 is 6.04 Å². The number of carbonyl (C=O) groups excluding carboxylic acids is 2. The Labute approximate surface area is 215 Å². The number of hydrogen-bond donors (Lipinski definition) is 1. The van der Waals surface area contributed by atoms with E-state index in [9.17, 15) is 9.59 Å². The first-order chi connectivity index (χ1) is 16.4. The molecule has 2 aromatic carbocycles. The van der Waals surface area contributed by atoms with Crippen molar-refractivity contribution in [3.8, 4) is 11.5 Å². The van der Waals surface area contributed by atoms with Crippen LogP contribution in [-0.4, -0.2) is 42.5 Å². The van der Waals surface area contributed by atoms with Crippen molar-refractivity contribution in [3.63, 3.8) is 0 Å². The Kier molecular flexibility index (Phi) is 10.1. The third-order valence-corrected chi connectivity index (χ3v) is 6.92. The van der Waals surface area contributed by atoms with Crippen LogP contribution in [0.5, 0.6) is 11.5 Å². The van der Waals surface area contributed by atoms with Gasteiger partial charge in [-0.2, -0.15) is 0 Å². The number of ether oxygens (including phenoxy) is 2. The van der Waals surface area contributed by atoms with E-state index in [2.05, 4.69) is 21.2 Å². The van der Waals surface area contributed by atoms with Crippen LogP contribution >= 0.6 is 27.5 Å². The number of halogens is 2. The monoisotopic (exact) mass is 550 g/mol. The van der Waals surface area contributed by atoms with Gasteiger partial charge >= 0.3 is 0 Å². The summed E-state index contributed by atoms with van der Waals surface area (Å²) in [5, 5.41) is 3.75. The van der Waals surface area contributed by atoms with E-state index in [4.69, 9.17) is 21.1 Å². The average Bonchev–Trinajstić information content (AvgIpc) is 2.84. The molecule has 0 saturated heterocycles. The molecule has 1 aliphatic rings. The first-order valence-electron chi connectivity index (χ1n) is 11.7. The molecular formula is C26H32BrClN2O4. The van der Waals surface area contributed by atoms with Gasteiger partial charge in [0.1, 0.15) is 17.5 Å². The van der Waals surface area contributed by atoms with Gasteiger partial charge in [-0.15, -0.1) is 0 Å². The molecule has 0 radical (unpaired) electrons. The maximum Gasteiger partial charge on any atom is 0.261 e. The minimum atomic E-state index is -0.599. The summed E-state index contributed by atoms with van der Waals surface area (Å²) in [6.45, 7) is 2.00. The topological polar surface area (TPSA) is 67.9 Å². The zero-order valence-electron chi connectivity index (χ0n) is 19.7. The second-order valence-corrected chi connectivity index (χ2v) is 9.79. The summed E-state index contributed by atoms with van der Waals surface area (Å²) in [7, 11) is 1.60. The average molecular weight is 552 g/mol. The van der Waals surface area contributed by atoms with E-state index in [1.54, 1.807) is 30.2 Å². The molecule has 0 unspecified atom stereocenters. The molecule has 1 saturated carbocycles. The first kappa shape index (κ1) is 26.4. The van der Waals surface area contributed by atoms with E-state index in [0.717, 1.165) is 31.2 Å². The fourth-order valence-electron chi connectivity index (χ4n) is 4.25. The maximum absolute atomic E-state index is 13.4. The number of carbonyl (C=O) groups is 2. The first-order valence-corrected chi connectivity index (χ1v) is 12.9. The van der Waals surface area contributed by atoms with Gasteiger partial charge < -0.3 is 19.7 Å². The number of nitrogens with zero attached hydrogens (tertiary/aromatic N) is 1. The van der Waals surface area contributed by atoms with Crippen molar-refractivity contribution in [2.24, 2.45) is 0 Å². The summed E-state index contributed by atoms with van der Waals surface area (Å²) >= 11 is 9.42. The van der Waals surface area contributed by atoms with Crippen molar-refractivity contribution in [3.05, 3.63) is 57.5 Å². The van der Waals surface area contributed by atoms with Crippen molar-refractivity contribution in [1.29, 1.82) is 0 Å². The molecule has 1 aliphatic carbocycles. The highest BCUT2D eigenvalue weighted by molar-refractivity contribution is 9.10. The predicted molar refractivity (Wildman–Crippen MR) is 137 cm³/mol. The van der Waals surface area contributed by atoms with Crippen LogP contribution in [0.4, 0.5) is 0 Å². The molecule has 2 aromatic rings. The minimum absolute atomic E-state index is 0.113. The number of nitrogens with one attached hydrogen (secondary N) is 1. The molecule has 1 atom stereocenters. The van der Waals surface area contributed by atoms with E-state index in [1.807, 2.05) is 31.2 Å². The Morgan fingerprint density at radius 1 is 1.18 bits per heavy atom. The van der Waals surface area contributed by atoms with Gasteiger partial charge in [-0.25, -0.2) is 0 Å². The Morgan fingerprint density at radius 3 is 2.62 bits per heavy atom. The second kappa shape index (κ2) is 13.0. The third-order valence-electron chi connectivity index (χ3n) is 6.07. The highest BCUT2D eigenvalue weighted by Crippen LogP contribution is 2.28. The fourth-order valence-corrected chi connectivity index (χ4v) is 5.04. The maximum atomic E-state index is 13.4. The standard InChI is InChI=1S/C26H32BrClN2O4/c1-3-23(26(32)29-20-9-5-4-6-10-20)30(16-18-8-7-11-21(14-18)33-2)25(31)17-34-24-13-12-19(28)15-22(24)27/h7-8,11-15,20,23H,3-6,9-10,16-17H2,1-2H3,(H,29,32)/t23-/m0/s1. The molecular weight excluding hydrogens is 520 g/mol. The Balaban J connectivity index is 1.78. The lowest BCUT2D eigenvalue weighted by atomic mass is 9.95. The Morgan fingerprint density at radius 2 is 1.94 bits per heavy atom. The number of amides is 2. The molecule has 0 bridgehead atoms. The van der Waals surface area contributed by atoms with Crippen LogP contribution in [-0.2, 0) is 16.1 Å². The predicted octanol–water partition coefficient (Wildman–Crippen LogP) is 5.75. The third kappa shape index (κ3) is 7.37. The van der Waals surface area contributed by atoms with E-state index in [0.29, 0.717) is 27.4 Å². The fraction of sp³-hybridized carbons (Fsp3) is 0.462. The van der Waals surface area contributed by atoms with Crippen LogP contribution in [0.1, 0.15) is 51.0 Å². The summed E-state index contributed by atoms with van der Waals surface area (Å²) in [4.78, 5) is 28.3. The Hall–Kier alpha value is -2.25. The minimum Gasteiger partial charge on any atom is -0.497 e. The molecule has 0 heterocycles. The largest absolute Gasteiger partial charge is 0.497 e. The molecule has 184 valence electrons. The molecule has 0 aliphatic heterocycles. The normalized spacial score (nSPS) is 14.8. The molecule has 8 heteroatoms. The number of rotatable bonds is 10. The van der Waals surface area contributed by atoms with Crippen molar-refractivity contribution < 1.29 is 19.1 Å². The molecule has 0 aromatic heterocycles. The van der Waals surface area contributed by atoms with Gasteiger partial charge in [-0.3, -0.25) is 9.59 Å². The number of benzene rings is 2. The van der Waals surface area contributed by atoms with Gasteiger partial charge in [-0.1, -0.05) is 49.9 Å². The molecule has 0 spiro atoms. The van der Waals surface area contributed by atoms with Crippen molar-refractivity contribution in [2.45, 2.75) is 64.1 Å². The summed E-state index contributed by atoms with van der Waals surface area (Å²) < 4.78 is 11.8. The summed E-state index contributed by atoms with van der Waals surface area (Å²) in [6.07, 6.45) is 5.93. The lowest BCUT2D eigenvalue weighted by molar-refractivity contribution is -0.143. The lowest BCUT2D eigenvalue weighted by Crippen LogP contribution is -2.52. The van der Waals surface area contributed by atoms with Crippen LogP contribution < -0.4 is 14.8 Å². The van der Waals surface area contributed by atoms with Gasteiger partial charge in [0.15, 0.2) is 6.61 Å². The van der Waals surface area contributed by atoms with Gasteiger partial charge in [0, 0.05) is 17.6 Å². The van der Waals surface area contributed by atoms with Gasteiger partial charge in [0.2, 0.25) is 5.91 Å². The summed E-state index contributed by atoms with van der Waals surface area (Å²) in [6, 6.07) is 12.2. The van der Waals surface area contributed by atoms with E-state index in [1.165, 1.54) is 6.42 Å². The molecule has 34 heavy (non-hydrogen) atoms. The van der Waals surface area contributed by atoms with Crippen molar-refractivity contribution in [1.82, 2.24) is 10.2 Å². The quantitative estimate of drug-likeness (QED) is 0.408. The zero-order valence-corrected chi connectivity index (χ0v) is 22.0. The van der Waals surface area contributed by atoms with E-state index in [-0.39, 0.29) is 31.0 Å². The molecule has 6 nitrogen and oxygen atoms in total. The smallest absolute Gasteiger partial charge is 0.261 e. The highest BCUT2D eigenvalue weighted by Gasteiger charge is 2.30. The van der Waals surface area contributed by atoms with Gasteiger partial charge in [-0.05, 0) is 71.1 Å². The summed E-state index contributed by atoms with van der Waals surface area (Å²) in [5.41, 5.74) is 0.879. The van der Waals surface area contributed by atoms with E-state index >= 15 is 0 Å². The van der Waals surface area contributed by atoms with Gasteiger partial charge in [0.05, 0.1) is 11.6 Å². The molecule has 3 rings (SSSR count). The lowest BCUT2D eigenvalue weighted by Gasteiger charge is -2.32. The second-order valence-electron chi connectivity index (χ2n) is 8.50. The van der Waals surface area contributed by atoms with Crippen LogP contribution in [0, 0.1) is 0 Å². The zero-order chi connectivity index (χ0) is 24.5. The van der Waals surface area contributed by atoms with Crippen LogP contribution in [0.2, 0.25) is 5.02 Å². The van der Waals surface area contributed by atoms with Crippen LogP contribution in [0.3, 0.4) is 0 Å². The SMILES string of the molecule is CC[C@@H](C(=O)NC1CCCCC1)N(Cc1cccc(OC)c1)C(=O)COc1ccc(Cl)cc1Br. The van der Waals surface area contributed by atoms with Crippen LogP contribution in [0.15, 0.2) is 46.9 Å².